The largest absolute Gasteiger partial charge is 0.399 e. The Kier molecular flexibility index (Phi) is 13.4. The van der Waals surface area contributed by atoms with E-state index in [1.807, 2.05) is 0 Å². The minimum absolute atomic E-state index is 0.289. The maximum atomic E-state index is 9.56. The Morgan fingerprint density at radius 2 is 1.50 bits per heavy atom. The zero-order valence-corrected chi connectivity index (χ0v) is 21.0. The average molecular weight is 422 g/mol. The molecule has 0 rings (SSSR count). The molecule has 0 aliphatic carbocycles. The lowest BCUT2D eigenvalue weighted by molar-refractivity contribution is 0.271. The molecule has 1 atom stereocenters. The predicted octanol–water partition coefficient (Wildman–Crippen LogP) is 7.95. The number of alkyl halides is 1. The maximum Gasteiger partial charge on any atom is 0.185 e. The molecule has 0 fully saturated rings. The van der Waals surface area contributed by atoms with Gasteiger partial charge in [0.15, 0.2) is 14.4 Å². The van der Waals surface area contributed by atoms with E-state index in [0.29, 0.717) is 5.88 Å². The van der Waals surface area contributed by atoms with Crippen LogP contribution in [0.5, 0.6) is 0 Å². The van der Waals surface area contributed by atoms with E-state index in [-0.39, 0.29) is 5.92 Å². The molecule has 0 radical (unpaired) electrons. The minimum atomic E-state index is -1.76. The molecule has 0 aromatic carbocycles. The van der Waals surface area contributed by atoms with Crippen LogP contribution in [0.25, 0.3) is 0 Å². The van der Waals surface area contributed by atoms with Crippen LogP contribution in [0, 0.1) is 17.2 Å². The van der Waals surface area contributed by atoms with Crippen LogP contribution in [-0.4, -0.2) is 20.3 Å². The van der Waals surface area contributed by atoms with Crippen LogP contribution in [0.15, 0.2) is 46.6 Å². The average Bonchev–Trinajstić information content (AvgIpc) is 2.59. The second kappa shape index (κ2) is 14.0. The molecule has 0 heterocycles. The molecule has 0 saturated heterocycles. The zero-order chi connectivity index (χ0) is 21.7. The highest BCUT2D eigenvalue weighted by atomic mass is 35.5. The molecule has 0 N–H and O–H groups in total. The van der Waals surface area contributed by atoms with E-state index in [9.17, 15) is 5.26 Å². The highest BCUT2D eigenvalue weighted by Crippen LogP contribution is 2.21. The van der Waals surface area contributed by atoms with Crippen molar-refractivity contribution in [3.63, 3.8) is 0 Å². The van der Waals surface area contributed by atoms with Crippen molar-refractivity contribution in [2.45, 2.75) is 86.0 Å². The SMILES string of the molecule is CC(=CCCC(C)=CCCC(C)=CC=C(C(C)C)C(C#N)O[Si](C)(C)C)CCl. The van der Waals surface area contributed by atoms with Crippen molar-refractivity contribution < 1.29 is 4.43 Å². The molecule has 0 saturated carbocycles. The number of rotatable bonds is 12. The van der Waals surface area contributed by atoms with Crippen molar-refractivity contribution in [3.05, 3.63) is 46.6 Å². The molecular weight excluding hydrogens is 382 g/mol. The topological polar surface area (TPSA) is 33.0 Å². The van der Waals surface area contributed by atoms with E-state index < -0.39 is 14.4 Å². The summed E-state index contributed by atoms with van der Waals surface area (Å²) in [4.78, 5) is 0. The van der Waals surface area contributed by atoms with Crippen molar-refractivity contribution in [1.82, 2.24) is 0 Å². The molecule has 4 heteroatoms. The molecule has 0 bridgehead atoms. The van der Waals surface area contributed by atoms with Gasteiger partial charge in [-0.2, -0.15) is 5.26 Å². The Bertz CT molecular complexity index is 630. The molecule has 2 nitrogen and oxygen atoms in total. The number of allylic oxidation sites excluding steroid dienone is 7. The van der Waals surface area contributed by atoms with Gasteiger partial charge in [-0.3, -0.25) is 0 Å². The molecule has 158 valence electrons. The lowest BCUT2D eigenvalue weighted by atomic mass is 9.97. The van der Waals surface area contributed by atoms with Gasteiger partial charge in [0.05, 0.1) is 6.07 Å². The molecule has 1 unspecified atom stereocenters. The Balaban J connectivity index is 4.86. The minimum Gasteiger partial charge on any atom is -0.399 e. The number of hydrogen-bond acceptors (Lipinski definition) is 2. The van der Waals surface area contributed by atoms with Gasteiger partial charge >= 0.3 is 0 Å². The number of halogens is 1. The van der Waals surface area contributed by atoms with E-state index in [2.05, 4.69) is 84.6 Å². The fraction of sp³-hybridized carbons (Fsp3) is 0.625. The van der Waals surface area contributed by atoms with Gasteiger partial charge in [-0.05, 0) is 77.6 Å². The summed E-state index contributed by atoms with van der Waals surface area (Å²) in [5.74, 6) is 0.908. The zero-order valence-electron chi connectivity index (χ0n) is 19.2. The van der Waals surface area contributed by atoms with Gasteiger partial charge in [0.1, 0.15) is 0 Å². The van der Waals surface area contributed by atoms with E-state index >= 15 is 0 Å². The summed E-state index contributed by atoms with van der Waals surface area (Å²) in [6.45, 7) is 17.0. The van der Waals surface area contributed by atoms with Gasteiger partial charge in [-0.15, -0.1) is 11.6 Å². The third-order valence-electron chi connectivity index (χ3n) is 4.39. The number of hydrogen-bond donors (Lipinski definition) is 0. The van der Waals surface area contributed by atoms with Crippen molar-refractivity contribution in [2.75, 3.05) is 5.88 Å². The van der Waals surface area contributed by atoms with Gasteiger partial charge in [-0.1, -0.05) is 54.9 Å². The van der Waals surface area contributed by atoms with Crippen molar-refractivity contribution in [1.29, 1.82) is 5.26 Å². The fourth-order valence-electron chi connectivity index (χ4n) is 2.68. The van der Waals surface area contributed by atoms with Crippen LogP contribution in [0.2, 0.25) is 19.6 Å². The summed E-state index contributed by atoms with van der Waals surface area (Å²) < 4.78 is 6.08. The Hall–Kier alpha value is -1.08. The highest BCUT2D eigenvalue weighted by Gasteiger charge is 2.24. The normalized spacial score (nSPS) is 15.8. The number of nitrogens with zero attached hydrogens (tertiary/aromatic N) is 1. The Labute approximate surface area is 180 Å². The summed E-state index contributed by atoms with van der Waals surface area (Å²) in [5, 5.41) is 9.56. The third kappa shape index (κ3) is 13.2. The van der Waals surface area contributed by atoms with Gasteiger partial charge in [0.2, 0.25) is 0 Å². The molecule has 0 aromatic rings. The standard InChI is InChI=1S/C24H40ClNOSi/c1-19(2)23(24(18-26)27-28(6,7)8)16-15-21(4)13-9-11-20(3)12-10-14-22(5)17-25/h11,14-16,19,24H,9-10,12-13,17H2,1-8H3. The summed E-state index contributed by atoms with van der Waals surface area (Å²) in [5.41, 5.74) is 5.06. The van der Waals surface area contributed by atoms with Crippen LogP contribution in [0.4, 0.5) is 0 Å². The first-order valence-electron chi connectivity index (χ1n) is 10.3. The first kappa shape index (κ1) is 26.9. The van der Waals surface area contributed by atoms with E-state index in [0.717, 1.165) is 31.3 Å². The summed E-state index contributed by atoms with van der Waals surface area (Å²) in [6.07, 6.45) is 12.6. The van der Waals surface area contributed by atoms with E-state index in [4.69, 9.17) is 16.0 Å². The molecule has 0 amide bonds. The van der Waals surface area contributed by atoms with Crippen LogP contribution in [-0.2, 0) is 4.43 Å². The lowest BCUT2D eigenvalue weighted by Crippen LogP contribution is -2.33. The van der Waals surface area contributed by atoms with Gasteiger partial charge in [-0.25, -0.2) is 0 Å². The van der Waals surface area contributed by atoms with Gasteiger partial charge < -0.3 is 4.43 Å². The second-order valence-electron chi connectivity index (χ2n) is 8.89. The third-order valence-corrected chi connectivity index (χ3v) is 5.76. The van der Waals surface area contributed by atoms with Crippen LogP contribution in [0.1, 0.15) is 60.3 Å². The van der Waals surface area contributed by atoms with Crippen LogP contribution >= 0.6 is 11.6 Å². The molecule has 0 spiro atoms. The molecule has 0 aliphatic rings. The Morgan fingerprint density at radius 3 is 1.96 bits per heavy atom. The van der Waals surface area contributed by atoms with Gasteiger partial charge in [0, 0.05) is 5.88 Å². The highest BCUT2D eigenvalue weighted by molar-refractivity contribution is 6.69. The first-order valence-corrected chi connectivity index (χ1v) is 14.3. The second-order valence-corrected chi connectivity index (χ2v) is 13.6. The molecule has 0 aromatic heterocycles. The quantitative estimate of drug-likeness (QED) is 0.138. The van der Waals surface area contributed by atoms with E-state index in [1.165, 1.54) is 16.7 Å². The summed E-state index contributed by atoms with van der Waals surface area (Å²) in [7, 11) is -1.76. The summed E-state index contributed by atoms with van der Waals surface area (Å²) in [6, 6.07) is 2.35. The maximum absolute atomic E-state index is 9.56. The Morgan fingerprint density at radius 1 is 0.964 bits per heavy atom. The molecule has 0 aliphatic heterocycles. The smallest absolute Gasteiger partial charge is 0.185 e. The van der Waals surface area contributed by atoms with Crippen LogP contribution < -0.4 is 0 Å². The van der Waals surface area contributed by atoms with Crippen molar-refractivity contribution >= 4 is 19.9 Å². The molecular formula is C24H40ClNOSi. The molecule has 28 heavy (non-hydrogen) atoms. The predicted molar refractivity (Wildman–Crippen MR) is 127 cm³/mol. The van der Waals surface area contributed by atoms with Crippen molar-refractivity contribution in [3.8, 4) is 6.07 Å². The van der Waals surface area contributed by atoms with Gasteiger partial charge in [0.25, 0.3) is 0 Å². The number of nitriles is 1. The lowest BCUT2D eigenvalue weighted by Gasteiger charge is -2.25. The van der Waals surface area contributed by atoms with Crippen LogP contribution in [0.3, 0.4) is 0 Å². The monoisotopic (exact) mass is 421 g/mol. The first-order chi connectivity index (χ1) is 13.0. The summed E-state index contributed by atoms with van der Waals surface area (Å²) >= 11 is 5.80. The fourth-order valence-corrected chi connectivity index (χ4v) is 3.68. The van der Waals surface area contributed by atoms with E-state index in [1.54, 1.807) is 0 Å². The van der Waals surface area contributed by atoms with Crippen molar-refractivity contribution in [2.24, 2.45) is 5.92 Å².